The normalized spacial score (nSPS) is 10.5. The van der Waals surface area contributed by atoms with E-state index in [2.05, 4.69) is 21.2 Å². The predicted octanol–water partition coefficient (Wildman–Crippen LogP) is 4.41. The first kappa shape index (κ1) is 16.1. The SMILES string of the molecule is COc1cc(CNCc2ccc(Cl)cc2)cc(Br)c1OC. The molecular formula is C16H17BrClNO2. The van der Waals surface area contributed by atoms with Gasteiger partial charge in [-0.1, -0.05) is 23.7 Å². The summed E-state index contributed by atoms with van der Waals surface area (Å²) in [6.45, 7) is 1.52. The van der Waals surface area contributed by atoms with E-state index in [1.165, 1.54) is 5.56 Å². The van der Waals surface area contributed by atoms with Crippen LogP contribution in [0, 0.1) is 0 Å². The van der Waals surface area contributed by atoms with E-state index in [0.717, 1.165) is 33.9 Å². The smallest absolute Gasteiger partial charge is 0.174 e. The van der Waals surface area contributed by atoms with Crippen molar-refractivity contribution in [3.8, 4) is 11.5 Å². The first-order chi connectivity index (χ1) is 10.1. The van der Waals surface area contributed by atoms with Crippen molar-refractivity contribution in [2.24, 2.45) is 0 Å². The van der Waals surface area contributed by atoms with Crippen LogP contribution in [0.1, 0.15) is 11.1 Å². The van der Waals surface area contributed by atoms with Crippen molar-refractivity contribution in [2.75, 3.05) is 14.2 Å². The summed E-state index contributed by atoms with van der Waals surface area (Å²) in [6.07, 6.45) is 0. The maximum absolute atomic E-state index is 5.87. The number of methoxy groups -OCH3 is 2. The molecule has 0 aliphatic heterocycles. The van der Waals surface area contributed by atoms with Crippen LogP contribution in [0.3, 0.4) is 0 Å². The van der Waals surface area contributed by atoms with Gasteiger partial charge in [0.1, 0.15) is 0 Å². The molecule has 0 amide bonds. The Hall–Kier alpha value is -1.23. The summed E-state index contributed by atoms with van der Waals surface area (Å²) in [4.78, 5) is 0. The van der Waals surface area contributed by atoms with Crippen LogP contribution in [0.15, 0.2) is 40.9 Å². The summed E-state index contributed by atoms with van der Waals surface area (Å²) < 4.78 is 11.5. The van der Waals surface area contributed by atoms with Gasteiger partial charge in [-0.25, -0.2) is 0 Å². The average molecular weight is 371 g/mol. The molecule has 0 bridgehead atoms. The van der Waals surface area contributed by atoms with E-state index in [0.29, 0.717) is 5.75 Å². The van der Waals surface area contributed by atoms with E-state index in [9.17, 15) is 0 Å². The van der Waals surface area contributed by atoms with Gasteiger partial charge in [-0.3, -0.25) is 0 Å². The first-order valence-corrected chi connectivity index (χ1v) is 7.66. The molecule has 5 heteroatoms. The molecule has 0 fully saturated rings. The van der Waals surface area contributed by atoms with Crippen LogP contribution in [0.5, 0.6) is 11.5 Å². The minimum Gasteiger partial charge on any atom is -0.493 e. The zero-order valence-corrected chi connectivity index (χ0v) is 14.3. The van der Waals surface area contributed by atoms with E-state index in [1.807, 2.05) is 36.4 Å². The van der Waals surface area contributed by atoms with Gasteiger partial charge >= 0.3 is 0 Å². The molecule has 0 aromatic heterocycles. The van der Waals surface area contributed by atoms with Gasteiger partial charge in [0.15, 0.2) is 11.5 Å². The van der Waals surface area contributed by atoms with Crippen LogP contribution in [-0.2, 0) is 13.1 Å². The third-order valence-electron chi connectivity index (χ3n) is 3.06. The van der Waals surface area contributed by atoms with E-state index in [-0.39, 0.29) is 0 Å². The number of benzene rings is 2. The minimum atomic E-state index is 0.707. The molecule has 0 saturated heterocycles. The van der Waals surface area contributed by atoms with Crippen molar-refractivity contribution in [1.82, 2.24) is 5.32 Å². The highest BCUT2D eigenvalue weighted by atomic mass is 79.9. The number of hydrogen-bond donors (Lipinski definition) is 1. The highest BCUT2D eigenvalue weighted by molar-refractivity contribution is 9.10. The largest absolute Gasteiger partial charge is 0.493 e. The van der Waals surface area contributed by atoms with Crippen LogP contribution in [0.4, 0.5) is 0 Å². The molecule has 0 radical (unpaired) electrons. The molecule has 2 aromatic rings. The fraction of sp³-hybridized carbons (Fsp3) is 0.250. The van der Waals surface area contributed by atoms with Crippen molar-refractivity contribution in [3.05, 3.63) is 57.0 Å². The summed E-state index contributed by atoms with van der Waals surface area (Å²) in [6, 6.07) is 11.8. The Balaban J connectivity index is 2.00. The average Bonchev–Trinajstić information content (AvgIpc) is 2.48. The Labute approximate surface area is 138 Å². The minimum absolute atomic E-state index is 0.707. The van der Waals surface area contributed by atoms with Gasteiger partial charge in [-0.05, 0) is 51.3 Å². The number of halogens is 2. The lowest BCUT2D eigenvalue weighted by Crippen LogP contribution is -2.12. The lowest BCUT2D eigenvalue weighted by molar-refractivity contribution is 0.352. The van der Waals surface area contributed by atoms with Gasteiger partial charge < -0.3 is 14.8 Å². The fourth-order valence-electron chi connectivity index (χ4n) is 2.03. The Morgan fingerprint density at radius 3 is 2.29 bits per heavy atom. The third kappa shape index (κ3) is 4.37. The van der Waals surface area contributed by atoms with Gasteiger partial charge in [0.2, 0.25) is 0 Å². The summed E-state index contributed by atoms with van der Waals surface area (Å²) in [7, 11) is 3.26. The molecule has 0 spiro atoms. The summed E-state index contributed by atoms with van der Waals surface area (Å²) in [5, 5.41) is 4.15. The van der Waals surface area contributed by atoms with E-state index in [4.69, 9.17) is 21.1 Å². The lowest BCUT2D eigenvalue weighted by Gasteiger charge is -2.12. The summed E-state index contributed by atoms with van der Waals surface area (Å²) in [5.41, 5.74) is 2.31. The van der Waals surface area contributed by atoms with Gasteiger partial charge in [0.25, 0.3) is 0 Å². The molecular weight excluding hydrogens is 354 g/mol. The zero-order chi connectivity index (χ0) is 15.2. The Morgan fingerprint density at radius 2 is 1.67 bits per heavy atom. The Morgan fingerprint density at radius 1 is 1.00 bits per heavy atom. The molecule has 2 rings (SSSR count). The lowest BCUT2D eigenvalue weighted by atomic mass is 10.2. The molecule has 21 heavy (non-hydrogen) atoms. The van der Waals surface area contributed by atoms with E-state index >= 15 is 0 Å². The van der Waals surface area contributed by atoms with Gasteiger partial charge in [0, 0.05) is 18.1 Å². The molecule has 1 N–H and O–H groups in total. The van der Waals surface area contributed by atoms with Crippen LogP contribution in [0.25, 0.3) is 0 Å². The van der Waals surface area contributed by atoms with Crippen LogP contribution in [-0.4, -0.2) is 14.2 Å². The molecule has 0 aliphatic carbocycles. The van der Waals surface area contributed by atoms with Crippen LogP contribution >= 0.6 is 27.5 Å². The van der Waals surface area contributed by atoms with Crippen LogP contribution in [0.2, 0.25) is 5.02 Å². The zero-order valence-electron chi connectivity index (χ0n) is 12.0. The molecule has 112 valence electrons. The molecule has 3 nitrogen and oxygen atoms in total. The number of hydrogen-bond acceptors (Lipinski definition) is 3. The van der Waals surface area contributed by atoms with Crippen molar-refractivity contribution in [3.63, 3.8) is 0 Å². The molecule has 0 atom stereocenters. The highest BCUT2D eigenvalue weighted by Gasteiger charge is 2.10. The Kier molecular flexibility index (Phi) is 5.91. The monoisotopic (exact) mass is 369 g/mol. The topological polar surface area (TPSA) is 30.5 Å². The fourth-order valence-corrected chi connectivity index (χ4v) is 2.80. The van der Waals surface area contributed by atoms with Gasteiger partial charge in [-0.2, -0.15) is 0 Å². The second-order valence-electron chi connectivity index (χ2n) is 4.54. The number of ether oxygens (including phenoxy) is 2. The second-order valence-corrected chi connectivity index (χ2v) is 5.83. The molecule has 0 aliphatic rings. The molecule has 0 unspecified atom stereocenters. The molecule has 2 aromatic carbocycles. The van der Waals surface area contributed by atoms with Gasteiger partial charge in [-0.15, -0.1) is 0 Å². The van der Waals surface area contributed by atoms with Crippen molar-refractivity contribution >= 4 is 27.5 Å². The van der Waals surface area contributed by atoms with Gasteiger partial charge in [0.05, 0.1) is 18.7 Å². The Bertz CT molecular complexity index is 602. The molecule has 0 heterocycles. The first-order valence-electron chi connectivity index (χ1n) is 6.49. The number of nitrogens with one attached hydrogen (secondary N) is 1. The van der Waals surface area contributed by atoms with Crippen LogP contribution < -0.4 is 14.8 Å². The highest BCUT2D eigenvalue weighted by Crippen LogP contribution is 2.36. The second kappa shape index (κ2) is 7.69. The molecule has 0 saturated carbocycles. The summed E-state index contributed by atoms with van der Waals surface area (Å²) >= 11 is 9.37. The van der Waals surface area contributed by atoms with Crippen molar-refractivity contribution < 1.29 is 9.47 Å². The summed E-state index contributed by atoms with van der Waals surface area (Å²) in [5.74, 6) is 1.43. The van der Waals surface area contributed by atoms with E-state index < -0.39 is 0 Å². The third-order valence-corrected chi connectivity index (χ3v) is 3.91. The standard InChI is InChI=1S/C16H17BrClNO2/c1-20-15-8-12(7-14(17)16(15)21-2)10-19-9-11-3-5-13(18)6-4-11/h3-8,19H,9-10H2,1-2H3. The van der Waals surface area contributed by atoms with E-state index in [1.54, 1.807) is 14.2 Å². The maximum atomic E-state index is 5.87. The van der Waals surface area contributed by atoms with Crippen molar-refractivity contribution in [2.45, 2.75) is 13.1 Å². The van der Waals surface area contributed by atoms with Crippen molar-refractivity contribution in [1.29, 1.82) is 0 Å². The predicted molar refractivity (Wildman–Crippen MR) is 89.2 cm³/mol. The number of rotatable bonds is 6. The quantitative estimate of drug-likeness (QED) is 0.817. The maximum Gasteiger partial charge on any atom is 0.174 e.